The highest BCUT2D eigenvalue weighted by Crippen LogP contribution is 2.37. The van der Waals surface area contributed by atoms with Crippen LogP contribution in [0.25, 0.3) is 0 Å². The number of rotatable bonds is 8. The molecular formula is C25H42N4O. The SMILES string of the molecule is CCCC1CN(C(C)C)CCN1c1ncc(C2CCC(CC(=O)C(C)C)CC2)cn1. The maximum absolute atomic E-state index is 12.1. The Bertz CT molecular complexity index is 664. The third kappa shape index (κ3) is 5.81. The Morgan fingerprint density at radius 3 is 2.30 bits per heavy atom. The van der Waals surface area contributed by atoms with Crippen LogP contribution in [-0.4, -0.2) is 52.4 Å². The van der Waals surface area contributed by atoms with Crippen LogP contribution in [0.15, 0.2) is 12.4 Å². The molecule has 30 heavy (non-hydrogen) atoms. The van der Waals surface area contributed by atoms with Crippen LogP contribution in [0.2, 0.25) is 0 Å². The van der Waals surface area contributed by atoms with Gasteiger partial charge >= 0.3 is 0 Å². The van der Waals surface area contributed by atoms with E-state index < -0.39 is 0 Å². The van der Waals surface area contributed by atoms with Crippen LogP contribution in [0.1, 0.15) is 91.0 Å². The number of hydrogen-bond donors (Lipinski definition) is 0. The van der Waals surface area contributed by atoms with E-state index in [0.29, 0.717) is 29.7 Å². The Balaban J connectivity index is 1.58. The van der Waals surface area contributed by atoms with Crippen molar-refractivity contribution in [2.75, 3.05) is 24.5 Å². The number of carbonyl (C=O) groups is 1. The molecule has 1 saturated heterocycles. The summed E-state index contributed by atoms with van der Waals surface area (Å²) in [5, 5.41) is 0. The lowest BCUT2D eigenvalue weighted by atomic mass is 9.77. The van der Waals surface area contributed by atoms with Crippen molar-refractivity contribution in [2.45, 2.75) is 97.6 Å². The first-order valence-electron chi connectivity index (χ1n) is 12.2. The van der Waals surface area contributed by atoms with Gasteiger partial charge in [-0.3, -0.25) is 9.69 Å². The molecule has 2 aliphatic rings. The van der Waals surface area contributed by atoms with E-state index in [9.17, 15) is 4.79 Å². The van der Waals surface area contributed by atoms with E-state index >= 15 is 0 Å². The maximum atomic E-state index is 12.1. The first-order valence-corrected chi connectivity index (χ1v) is 12.2. The minimum absolute atomic E-state index is 0.169. The predicted octanol–water partition coefficient (Wildman–Crippen LogP) is 5.06. The van der Waals surface area contributed by atoms with Crippen molar-refractivity contribution in [2.24, 2.45) is 11.8 Å². The van der Waals surface area contributed by atoms with Gasteiger partial charge in [-0.2, -0.15) is 0 Å². The molecule has 1 aromatic heterocycles. The number of Topliss-reactive ketones (excluding diaryl/α,β-unsaturated/α-hetero) is 1. The van der Waals surface area contributed by atoms with Crippen molar-refractivity contribution >= 4 is 11.7 Å². The van der Waals surface area contributed by atoms with Crippen molar-refractivity contribution in [3.63, 3.8) is 0 Å². The Kier molecular flexibility index (Phi) is 8.27. The summed E-state index contributed by atoms with van der Waals surface area (Å²) in [4.78, 5) is 26.7. The van der Waals surface area contributed by atoms with Gasteiger partial charge in [-0.15, -0.1) is 0 Å². The minimum atomic E-state index is 0.169. The smallest absolute Gasteiger partial charge is 0.225 e. The molecule has 1 aromatic rings. The van der Waals surface area contributed by atoms with E-state index in [4.69, 9.17) is 9.97 Å². The monoisotopic (exact) mass is 414 g/mol. The fourth-order valence-corrected chi connectivity index (χ4v) is 5.10. The molecule has 0 N–H and O–H groups in total. The van der Waals surface area contributed by atoms with Crippen molar-refractivity contribution in [3.05, 3.63) is 18.0 Å². The summed E-state index contributed by atoms with van der Waals surface area (Å²) in [5.41, 5.74) is 1.28. The van der Waals surface area contributed by atoms with Gasteiger partial charge in [0, 0.05) is 56.5 Å². The molecule has 1 atom stereocenters. The lowest BCUT2D eigenvalue weighted by molar-refractivity contribution is -0.123. The fraction of sp³-hybridized carbons (Fsp3) is 0.800. The van der Waals surface area contributed by atoms with Gasteiger partial charge in [0.2, 0.25) is 5.95 Å². The molecule has 2 heterocycles. The Morgan fingerprint density at radius 1 is 1.07 bits per heavy atom. The molecule has 2 fully saturated rings. The molecule has 1 aliphatic heterocycles. The number of nitrogens with zero attached hydrogens (tertiary/aromatic N) is 4. The second kappa shape index (κ2) is 10.7. The molecule has 168 valence electrons. The third-order valence-corrected chi connectivity index (χ3v) is 7.23. The minimum Gasteiger partial charge on any atom is -0.335 e. The summed E-state index contributed by atoms with van der Waals surface area (Å²) in [5.74, 6) is 2.61. The molecule has 0 spiro atoms. The van der Waals surface area contributed by atoms with Crippen LogP contribution in [-0.2, 0) is 4.79 Å². The fourth-order valence-electron chi connectivity index (χ4n) is 5.10. The molecule has 1 aliphatic carbocycles. The quantitative estimate of drug-likeness (QED) is 0.595. The largest absolute Gasteiger partial charge is 0.335 e. The van der Waals surface area contributed by atoms with Gasteiger partial charge in [0.05, 0.1) is 0 Å². The van der Waals surface area contributed by atoms with Crippen LogP contribution in [0.5, 0.6) is 0 Å². The van der Waals surface area contributed by atoms with E-state index in [2.05, 4.69) is 43.0 Å². The second-order valence-electron chi connectivity index (χ2n) is 10.1. The molecule has 0 aromatic carbocycles. The molecule has 3 rings (SSSR count). The van der Waals surface area contributed by atoms with Gasteiger partial charge in [0.15, 0.2) is 0 Å². The summed E-state index contributed by atoms with van der Waals surface area (Å²) in [6.07, 6.45) is 11.9. The van der Waals surface area contributed by atoms with Crippen LogP contribution in [0, 0.1) is 11.8 Å². The molecule has 5 heteroatoms. The van der Waals surface area contributed by atoms with Crippen LogP contribution in [0.4, 0.5) is 5.95 Å². The Hall–Kier alpha value is -1.49. The van der Waals surface area contributed by atoms with Gasteiger partial charge in [0.1, 0.15) is 5.78 Å². The summed E-state index contributed by atoms with van der Waals surface area (Å²) < 4.78 is 0. The summed E-state index contributed by atoms with van der Waals surface area (Å²) in [6, 6.07) is 1.10. The third-order valence-electron chi connectivity index (χ3n) is 7.23. The van der Waals surface area contributed by atoms with Gasteiger partial charge < -0.3 is 4.90 Å². The highest BCUT2D eigenvalue weighted by atomic mass is 16.1. The zero-order valence-corrected chi connectivity index (χ0v) is 19.8. The van der Waals surface area contributed by atoms with E-state index in [0.717, 1.165) is 57.7 Å². The number of anilines is 1. The summed E-state index contributed by atoms with van der Waals surface area (Å²) in [6.45, 7) is 14.1. The van der Waals surface area contributed by atoms with E-state index in [1.165, 1.54) is 18.4 Å². The second-order valence-corrected chi connectivity index (χ2v) is 10.1. The van der Waals surface area contributed by atoms with Gasteiger partial charge in [-0.25, -0.2) is 9.97 Å². The standard InChI is InChI=1S/C25H42N4O/c1-6-7-23-17-28(19(4)5)12-13-29(23)25-26-15-22(16-27-25)21-10-8-20(9-11-21)14-24(30)18(2)3/h15-16,18-21,23H,6-14,17H2,1-5H3. The topological polar surface area (TPSA) is 49.3 Å². The van der Waals surface area contributed by atoms with Crippen LogP contribution in [0.3, 0.4) is 0 Å². The first-order chi connectivity index (χ1) is 14.4. The average Bonchev–Trinajstić information content (AvgIpc) is 2.74. The van der Waals surface area contributed by atoms with Crippen molar-refractivity contribution < 1.29 is 4.79 Å². The Morgan fingerprint density at radius 2 is 1.73 bits per heavy atom. The molecule has 0 radical (unpaired) electrons. The lowest BCUT2D eigenvalue weighted by Crippen LogP contribution is -2.55. The lowest BCUT2D eigenvalue weighted by Gasteiger charge is -2.43. The number of aromatic nitrogens is 2. The first kappa shape index (κ1) is 23.2. The molecule has 0 amide bonds. The maximum Gasteiger partial charge on any atom is 0.225 e. The molecule has 5 nitrogen and oxygen atoms in total. The van der Waals surface area contributed by atoms with Gasteiger partial charge in [-0.1, -0.05) is 27.2 Å². The van der Waals surface area contributed by atoms with Crippen molar-refractivity contribution in [3.8, 4) is 0 Å². The number of piperazine rings is 1. The zero-order valence-electron chi connectivity index (χ0n) is 19.8. The van der Waals surface area contributed by atoms with Gasteiger partial charge in [-0.05, 0) is 63.4 Å². The van der Waals surface area contributed by atoms with Crippen molar-refractivity contribution in [1.82, 2.24) is 14.9 Å². The molecular weight excluding hydrogens is 372 g/mol. The number of hydrogen-bond acceptors (Lipinski definition) is 5. The highest BCUT2D eigenvalue weighted by Gasteiger charge is 2.30. The van der Waals surface area contributed by atoms with E-state index in [1.807, 2.05) is 13.8 Å². The Labute approximate surface area is 183 Å². The molecule has 0 bridgehead atoms. The predicted molar refractivity (Wildman–Crippen MR) is 124 cm³/mol. The summed E-state index contributed by atoms with van der Waals surface area (Å²) >= 11 is 0. The number of ketones is 1. The summed E-state index contributed by atoms with van der Waals surface area (Å²) in [7, 11) is 0. The van der Waals surface area contributed by atoms with Crippen LogP contribution >= 0.6 is 0 Å². The van der Waals surface area contributed by atoms with Gasteiger partial charge in [0.25, 0.3) is 0 Å². The molecule has 1 saturated carbocycles. The molecule has 1 unspecified atom stereocenters. The highest BCUT2D eigenvalue weighted by molar-refractivity contribution is 5.80. The van der Waals surface area contributed by atoms with Crippen molar-refractivity contribution in [1.29, 1.82) is 0 Å². The zero-order chi connectivity index (χ0) is 21.7. The normalized spacial score (nSPS) is 25.8. The van der Waals surface area contributed by atoms with Crippen LogP contribution < -0.4 is 4.90 Å². The van der Waals surface area contributed by atoms with E-state index in [-0.39, 0.29) is 5.92 Å². The average molecular weight is 415 g/mol. The van der Waals surface area contributed by atoms with E-state index in [1.54, 1.807) is 0 Å². The number of carbonyl (C=O) groups excluding carboxylic acids is 1.